The number of rotatable bonds is 13. The molecule has 2 bridgehead atoms. The number of carboxylic acid groups (broad SMARTS) is 1. The summed E-state index contributed by atoms with van der Waals surface area (Å²) in [5, 5.41) is 12.4. The fraction of sp³-hybridized carbons (Fsp3) is 0.810. The summed E-state index contributed by atoms with van der Waals surface area (Å²) in [5.41, 5.74) is 0. The molecule has 0 radical (unpaired) electrons. The number of nitrogens with one attached hydrogen (secondary N) is 1. The van der Waals surface area contributed by atoms with Crippen LogP contribution in [0.4, 0.5) is 0 Å². The van der Waals surface area contributed by atoms with Crippen molar-refractivity contribution in [3.63, 3.8) is 0 Å². The third kappa shape index (κ3) is 5.86. The number of unbranched alkanes of at least 4 members (excludes halogenated alkanes) is 9. The van der Waals surface area contributed by atoms with Gasteiger partial charge < -0.3 is 10.4 Å². The molecule has 2 rings (SSSR count). The molecule has 0 aliphatic heterocycles. The van der Waals surface area contributed by atoms with Crippen molar-refractivity contribution in [3.8, 4) is 0 Å². The van der Waals surface area contributed by atoms with Crippen molar-refractivity contribution in [3.05, 3.63) is 12.2 Å². The second-order valence-corrected chi connectivity index (χ2v) is 7.81. The smallest absolute Gasteiger partial charge is 0.307 e. The van der Waals surface area contributed by atoms with E-state index in [9.17, 15) is 14.7 Å². The van der Waals surface area contributed by atoms with E-state index in [2.05, 4.69) is 12.2 Å². The zero-order valence-corrected chi connectivity index (χ0v) is 15.7. The van der Waals surface area contributed by atoms with Crippen molar-refractivity contribution in [2.75, 3.05) is 6.54 Å². The van der Waals surface area contributed by atoms with Gasteiger partial charge in [0.1, 0.15) is 0 Å². The van der Waals surface area contributed by atoms with Crippen LogP contribution in [0.3, 0.4) is 0 Å². The summed E-state index contributed by atoms with van der Waals surface area (Å²) in [6, 6.07) is 0. The molecule has 2 aliphatic carbocycles. The number of aliphatic carboxylic acids is 1. The van der Waals surface area contributed by atoms with Crippen LogP contribution in [0.15, 0.2) is 12.2 Å². The Hall–Kier alpha value is -1.32. The van der Waals surface area contributed by atoms with Gasteiger partial charge in [-0.15, -0.1) is 0 Å². The van der Waals surface area contributed by atoms with Crippen molar-refractivity contribution in [1.82, 2.24) is 5.32 Å². The average Bonchev–Trinajstić information content (AvgIpc) is 3.20. The zero-order valence-electron chi connectivity index (χ0n) is 15.7. The van der Waals surface area contributed by atoms with Crippen LogP contribution < -0.4 is 5.32 Å². The number of amides is 1. The Morgan fingerprint density at radius 3 is 1.96 bits per heavy atom. The summed E-state index contributed by atoms with van der Waals surface area (Å²) in [4.78, 5) is 23.9. The molecular weight excluding hydrogens is 314 g/mol. The first-order valence-electron chi connectivity index (χ1n) is 10.3. The lowest BCUT2D eigenvalue weighted by molar-refractivity contribution is -0.147. The average molecular weight is 350 g/mol. The number of carboxylic acids is 1. The van der Waals surface area contributed by atoms with E-state index in [0.29, 0.717) is 6.54 Å². The number of carbonyl (C=O) groups excluding carboxylic acids is 1. The van der Waals surface area contributed by atoms with E-state index >= 15 is 0 Å². The van der Waals surface area contributed by atoms with Crippen LogP contribution in [0.2, 0.25) is 0 Å². The molecule has 2 N–H and O–H groups in total. The molecule has 4 nitrogen and oxygen atoms in total. The fourth-order valence-corrected chi connectivity index (χ4v) is 4.46. The first-order valence-corrected chi connectivity index (χ1v) is 10.3. The molecule has 0 unspecified atom stereocenters. The van der Waals surface area contributed by atoms with E-state index in [1.807, 2.05) is 12.2 Å². The van der Waals surface area contributed by atoms with Crippen LogP contribution in [-0.4, -0.2) is 23.5 Å². The van der Waals surface area contributed by atoms with E-state index in [1.54, 1.807) is 0 Å². The SMILES string of the molecule is CCCCCCCCCCCCNC(=O)[C@@H]1[C@@H](C(=O)O)[C@H]2C=C[C@@H]1C2. The Morgan fingerprint density at radius 1 is 0.880 bits per heavy atom. The largest absolute Gasteiger partial charge is 0.481 e. The highest BCUT2D eigenvalue weighted by molar-refractivity contribution is 5.86. The van der Waals surface area contributed by atoms with Gasteiger partial charge in [-0.05, 0) is 24.7 Å². The van der Waals surface area contributed by atoms with Crippen LogP contribution in [0.25, 0.3) is 0 Å². The predicted molar refractivity (Wildman–Crippen MR) is 100 cm³/mol. The minimum atomic E-state index is -0.823. The van der Waals surface area contributed by atoms with Crippen LogP contribution in [-0.2, 0) is 9.59 Å². The summed E-state index contributed by atoms with van der Waals surface area (Å²) in [5.74, 6) is -1.59. The first-order chi connectivity index (χ1) is 12.1. The molecule has 1 fully saturated rings. The Balaban J connectivity index is 1.52. The monoisotopic (exact) mass is 349 g/mol. The quantitative estimate of drug-likeness (QED) is 0.379. The maximum Gasteiger partial charge on any atom is 0.307 e. The van der Waals surface area contributed by atoms with Crippen LogP contribution in [0, 0.1) is 23.7 Å². The van der Waals surface area contributed by atoms with Crippen molar-refractivity contribution in [2.24, 2.45) is 23.7 Å². The topological polar surface area (TPSA) is 66.4 Å². The molecule has 142 valence electrons. The standard InChI is InChI=1S/C21H35NO3/c1-2-3-4-5-6-7-8-9-10-11-14-22-20(23)18-16-12-13-17(15-16)19(18)21(24)25/h12-13,16-19H,2-11,14-15H2,1H3,(H,22,23)(H,24,25)/t16-,17+,18+,19+/m1/s1. The Labute approximate surface area is 152 Å². The van der Waals surface area contributed by atoms with E-state index in [-0.39, 0.29) is 23.7 Å². The number of carbonyl (C=O) groups is 2. The second kappa shape index (κ2) is 10.6. The predicted octanol–water partition coefficient (Wildman–Crippen LogP) is 4.55. The van der Waals surface area contributed by atoms with Crippen molar-refractivity contribution < 1.29 is 14.7 Å². The van der Waals surface area contributed by atoms with E-state index in [4.69, 9.17) is 0 Å². The van der Waals surface area contributed by atoms with Gasteiger partial charge in [0.2, 0.25) is 5.91 Å². The summed E-state index contributed by atoms with van der Waals surface area (Å²) < 4.78 is 0. The van der Waals surface area contributed by atoms with Gasteiger partial charge in [0.25, 0.3) is 0 Å². The van der Waals surface area contributed by atoms with Crippen molar-refractivity contribution in [2.45, 2.75) is 77.6 Å². The highest BCUT2D eigenvalue weighted by Gasteiger charge is 2.51. The van der Waals surface area contributed by atoms with Gasteiger partial charge in [-0.2, -0.15) is 0 Å². The highest BCUT2D eigenvalue weighted by atomic mass is 16.4. The van der Waals surface area contributed by atoms with Crippen molar-refractivity contribution >= 4 is 11.9 Å². The molecule has 0 heterocycles. The third-order valence-electron chi connectivity index (χ3n) is 5.88. The van der Waals surface area contributed by atoms with Gasteiger partial charge in [0, 0.05) is 6.54 Å². The van der Waals surface area contributed by atoms with Gasteiger partial charge in [-0.25, -0.2) is 0 Å². The summed E-state index contributed by atoms with van der Waals surface area (Å²) >= 11 is 0. The summed E-state index contributed by atoms with van der Waals surface area (Å²) in [6.07, 6.45) is 17.6. The molecule has 0 aromatic rings. The molecule has 4 heteroatoms. The van der Waals surface area contributed by atoms with Gasteiger partial charge >= 0.3 is 5.97 Å². The molecule has 25 heavy (non-hydrogen) atoms. The zero-order chi connectivity index (χ0) is 18.1. The van der Waals surface area contributed by atoms with Crippen LogP contribution in [0.1, 0.15) is 77.6 Å². The summed E-state index contributed by atoms with van der Waals surface area (Å²) in [6.45, 7) is 2.92. The maximum atomic E-state index is 12.4. The highest BCUT2D eigenvalue weighted by Crippen LogP contribution is 2.48. The van der Waals surface area contributed by atoms with E-state index < -0.39 is 11.9 Å². The number of hydrogen-bond donors (Lipinski definition) is 2. The maximum absolute atomic E-state index is 12.4. The molecule has 4 atom stereocenters. The minimum Gasteiger partial charge on any atom is -0.481 e. The normalized spacial score (nSPS) is 26.9. The van der Waals surface area contributed by atoms with Gasteiger partial charge in [-0.1, -0.05) is 76.9 Å². The first kappa shape index (κ1) is 20.0. The fourth-order valence-electron chi connectivity index (χ4n) is 4.46. The van der Waals surface area contributed by atoms with E-state index in [1.165, 1.54) is 51.4 Å². The van der Waals surface area contributed by atoms with Gasteiger partial charge in [0.15, 0.2) is 0 Å². The van der Waals surface area contributed by atoms with E-state index in [0.717, 1.165) is 19.3 Å². The molecular formula is C21H35NO3. The molecule has 0 saturated heterocycles. The lowest BCUT2D eigenvalue weighted by atomic mass is 9.82. The third-order valence-corrected chi connectivity index (χ3v) is 5.88. The lowest BCUT2D eigenvalue weighted by Gasteiger charge is -2.23. The summed E-state index contributed by atoms with van der Waals surface area (Å²) in [7, 11) is 0. The Bertz CT molecular complexity index is 460. The molecule has 0 aromatic heterocycles. The molecule has 2 aliphatic rings. The molecule has 1 saturated carbocycles. The Morgan fingerprint density at radius 2 is 1.40 bits per heavy atom. The second-order valence-electron chi connectivity index (χ2n) is 7.81. The number of hydrogen-bond acceptors (Lipinski definition) is 2. The number of fused-ring (bicyclic) bond motifs is 2. The van der Waals surface area contributed by atoms with Gasteiger partial charge in [0.05, 0.1) is 11.8 Å². The molecule has 0 aromatic carbocycles. The number of allylic oxidation sites excluding steroid dienone is 2. The van der Waals surface area contributed by atoms with Crippen LogP contribution >= 0.6 is 0 Å². The van der Waals surface area contributed by atoms with Gasteiger partial charge in [-0.3, -0.25) is 9.59 Å². The van der Waals surface area contributed by atoms with Crippen LogP contribution in [0.5, 0.6) is 0 Å². The molecule has 0 spiro atoms. The molecule has 1 amide bonds. The lowest BCUT2D eigenvalue weighted by Crippen LogP contribution is -2.40. The van der Waals surface area contributed by atoms with Crippen molar-refractivity contribution in [1.29, 1.82) is 0 Å². The Kier molecular flexibility index (Phi) is 8.50. The minimum absolute atomic E-state index is 0.0515.